The molecule has 0 saturated carbocycles. The molecule has 2 aromatic carbocycles. The number of methoxy groups -OCH3 is 2. The molecule has 2 atom stereocenters. The van der Waals surface area contributed by atoms with E-state index >= 15 is 0 Å². The first-order valence-corrected chi connectivity index (χ1v) is 18.4. The van der Waals surface area contributed by atoms with E-state index in [-0.39, 0.29) is 61.9 Å². The van der Waals surface area contributed by atoms with E-state index in [1.807, 2.05) is 12.1 Å². The van der Waals surface area contributed by atoms with E-state index in [1.54, 1.807) is 48.5 Å². The highest BCUT2D eigenvalue weighted by Gasteiger charge is 2.23. The zero-order valence-corrected chi connectivity index (χ0v) is 31.6. The number of esters is 2. The van der Waals surface area contributed by atoms with Crippen LogP contribution in [0.3, 0.4) is 0 Å². The van der Waals surface area contributed by atoms with Gasteiger partial charge in [-0.3, -0.25) is 34.1 Å². The van der Waals surface area contributed by atoms with Gasteiger partial charge in [0.05, 0.1) is 72.9 Å². The standard InChI is InChI=1S/C40H56N2O12/c1-49-39(47)33(15-19-36(44)31-10-5-3-6-11-31)16-20-38(46)41-21-23-52-25-27-54-29-28-53-26-24-51-22-9-14-34(43)17-18-35(40(48)50-2)42-30-37(45)32-12-7-4-8-13-32/h3-8,10-13,33,35,42H,9,14-30H2,1-2H3,(H,41,46)/t33-,35-/m0/s1. The van der Waals surface area contributed by atoms with Crippen LogP contribution in [0.25, 0.3) is 0 Å². The maximum absolute atomic E-state index is 12.4. The Balaban J connectivity index is 1.39. The first-order valence-electron chi connectivity index (χ1n) is 18.4. The third-order valence-electron chi connectivity index (χ3n) is 8.30. The van der Waals surface area contributed by atoms with Gasteiger partial charge in [0, 0.05) is 50.0 Å². The minimum absolute atomic E-state index is 0.00215. The predicted molar refractivity (Wildman–Crippen MR) is 199 cm³/mol. The van der Waals surface area contributed by atoms with Crippen LogP contribution in [0, 0.1) is 5.92 Å². The van der Waals surface area contributed by atoms with Crippen molar-refractivity contribution in [3.63, 3.8) is 0 Å². The van der Waals surface area contributed by atoms with Gasteiger partial charge in [0.25, 0.3) is 0 Å². The molecule has 0 heterocycles. The van der Waals surface area contributed by atoms with Gasteiger partial charge in [-0.15, -0.1) is 0 Å². The molecule has 0 radical (unpaired) electrons. The molecule has 0 aromatic heterocycles. The molecule has 298 valence electrons. The number of carbonyl (C=O) groups is 6. The third kappa shape index (κ3) is 20.8. The third-order valence-corrected chi connectivity index (χ3v) is 8.30. The fraction of sp³-hybridized carbons (Fsp3) is 0.550. The molecule has 2 N–H and O–H groups in total. The fourth-order valence-electron chi connectivity index (χ4n) is 5.23. The number of nitrogens with one attached hydrogen (secondary N) is 2. The summed E-state index contributed by atoms with van der Waals surface area (Å²) in [7, 11) is 2.57. The van der Waals surface area contributed by atoms with Crippen LogP contribution in [-0.4, -0.2) is 121 Å². The van der Waals surface area contributed by atoms with Gasteiger partial charge in [-0.25, -0.2) is 0 Å². The van der Waals surface area contributed by atoms with E-state index < -0.39 is 23.9 Å². The first kappa shape index (κ1) is 45.8. The molecule has 0 unspecified atom stereocenters. The first-order chi connectivity index (χ1) is 26.2. The van der Waals surface area contributed by atoms with Crippen LogP contribution in [-0.2, 0) is 47.6 Å². The van der Waals surface area contributed by atoms with Crippen molar-refractivity contribution in [2.45, 2.75) is 57.4 Å². The Morgan fingerprint density at radius 3 is 1.65 bits per heavy atom. The lowest BCUT2D eigenvalue weighted by Gasteiger charge is -2.15. The summed E-state index contributed by atoms with van der Waals surface area (Å²) >= 11 is 0. The normalized spacial score (nSPS) is 12.0. The summed E-state index contributed by atoms with van der Waals surface area (Å²) in [5, 5.41) is 5.67. The van der Waals surface area contributed by atoms with Crippen molar-refractivity contribution in [1.29, 1.82) is 0 Å². The van der Waals surface area contributed by atoms with Gasteiger partial charge in [-0.2, -0.15) is 0 Å². The lowest BCUT2D eigenvalue weighted by atomic mass is 9.94. The monoisotopic (exact) mass is 756 g/mol. The highest BCUT2D eigenvalue weighted by molar-refractivity contribution is 5.98. The van der Waals surface area contributed by atoms with Gasteiger partial charge >= 0.3 is 11.9 Å². The Hall–Kier alpha value is -4.34. The van der Waals surface area contributed by atoms with E-state index in [2.05, 4.69) is 10.6 Å². The molecule has 0 bridgehead atoms. The zero-order valence-electron chi connectivity index (χ0n) is 31.6. The number of ketones is 3. The van der Waals surface area contributed by atoms with Crippen molar-refractivity contribution in [2.75, 3.05) is 80.2 Å². The van der Waals surface area contributed by atoms with Crippen molar-refractivity contribution >= 4 is 35.2 Å². The zero-order chi connectivity index (χ0) is 39.2. The molecule has 0 saturated heterocycles. The largest absolute Gasteiger partial charge is 0.469 e. The highest BCUT2D eigenvalue weighted by atomic mass is 16.6. The summed E-state index contributed by atoms with van der Waals surface area (Å²) in [5.41, 5.74) is 1.13. The maximum atomic E-state index is 12.4. The van der Waals surface area contributed by atoms with Crippen LogP contribution in [0.5, 0.6) is 0 Å². The topological polar surface area (TPSA) is 182 Å². The van der Waals surface area contributed by atoms with E-state index in [0.717, 1.165) is 0 Å². The SMILES string of the molecule is COC(=O)[C@H](CCC(=O)NCCOCCOCCOCCOCCCC(=O)CC[C@H](NCC(=O)c1ccccc1)C(=O)OC)CCC(=O)c1ccccc1. The maximum Gasteiger partial charge on any atom is 0.322 e. The number of rotatable bonds is 32. The van der Waals surface area contributed by atoms with Gasteiger partial charge in [-0.1, -0.05) is 60.7 Å². The molecule has 0 aliphatic heterocycles. The molecule has 1 amide bonds. The number of hydrogen-bond donors (Lipinski definition) is 2. The highest BCUT2D eigenvalue weighted by Crippen LogP contribution is 2.18. The Morgan fingerprint density at radius 2 is 1.07 bits per heavy atom. The summed E-state index contributed by atoms with van der Waals surface area (Å²) in [5.74, 6) is -1.91. The van der Waals surface area contributed by atoms with E-state index in [4.69, 9.17) is 28.4 Å². The number of amides is 1. The van der Waals surface area contributed by atoms with Crippen molar-refractivity contribution < 1.29 is 57.2 Å². The molecular weight excluding hydrogens is 700 g/mol. The van der Waals surface area contributed by atoms with Crippen LogP contribution in [0.2, 0.25) is 0 Å². The van der Waals surface area contributed by atoms with Gasteiger partial charge in [0.1, 0.15) is 11.8 Å². The van der Waals surface area contributed by atoms with Crippen LogP contribution >= 0.6 is 0 Å². The summed E-state index contributed by atoms with van der Waals surface area (Å²) in [6.45, 7) is 3.24. The quantitative estimate of drug-likeness (QED) is 0.0629. The average Bonchev–Trinajstić information content (AvgIpc) is 3.20. The predicted octanol–water partition coefficient (Wildman–Crippen LogP) is 3.55. The molecule has 54 heavy (non-hydrogen) atoms. The molecule has 2 rings (SSSR count). The second kappa shape index (κ2) is 29.1. The Kier molecular flexibility index (Phi) is 24.7. The Morgan fingerprint density at radius 1 is 0.556 bits per heavy atom. The van der Waals surface area contributed by atoms with Crippen LogP contribution in [0.15, 0.2) is 60.7 Å². The van der Waals surface area contributed by atoms with Gasteiger partial charge in [0.2, 0.25) is 5.91 Å². The lowest BCUT2D eigenvalue weighted by Crippen LogP contribution is -2.40. The van der Waals surface area contributed by atoms with Gasteiger partial charge in [0.15, 0.2) is 11.6 Å². The summed E-state index contributed by atoms with van der Waals surface area (Å²) in [6, 6.07) is 16.9. The molecule has 14 heteroatoms. The number of benzene rings is 2. The lowest BCUT2D eigenvalue weighted by molar-refractivity contribution is -0.146. The molecule has 14 nitrogen and oxygen atoms in total. The van der Waals surface area contributed by atoms with Crippen molar-refractivity contribution in [2.24, 2.45) is 5.92 Å². The molecule has 2 aromatic rings. The second-order valence-corrected chi connectivity index (χ2v) is 12.3. The Labute approximate surface area is 317 Å². The number of carbonyl (C=O) groups excluding carboxylic acids is 6. The molecule has 0 spiro atoms. The molecule has 0 fully saturated rings. The van der Waals surface area contributed by atoms with Crippen molar-refractivity contribution in [3.05, 3.63) is 71.8 Å². The smallest absolute Gasteiger partial charge is 0.322 e. The van der Waals surface area contributed by atoms with Crippen molar-refractivity contribution in [1.82, 2.24) is 10.6 Å². The second-order valence-electron chi connectivity index (χ2n) is 12.3. The van der Waals surface area contributed by atoms with Crippen LogP contribution in [0.1, 0.15) is 72.1 Å². The average molecular weight is 757 g/mol. The van der Waals surface area contributed by atoms with Gasteiger partial charge in [-0.05, 0) is 25.7 Å². The van der Waals surface area contributed by atoms with E-state index in [1.165, 1.54) is 14.2 Å². The van der Waals surface area contributed by atoms with Crippen molar-refractivity contribution in [3.8, 4) is 0 Å². The van der Waals surface area contributed by atoms with E-state index in [9.17, 15) is 28.8 Å². The Bertz CT molecular complexity index is 1280. The van der Waals surface area contributed by atoms with E-state index in [0.29, 0.717) is 89.8 Å². The fourth-order valence-corrected chi connectivity index (χ4v) is 5.23. The summed E-state index contributed by atoms with van der Waals surface area (Å²) < 4.78 is 31.6. The number of ether oxygens (including phenoxy) is 6. The molecule has 0 aliphatic carbocycles. The van der Waals surface area contributed by atoms with Gasteiger partial charge < -0.3 is 33.7 Å². The van der Waals surface area contributed by atoms with Crippen LogP contribution in [0.4, 0.5) is 0 Å². The van der Waals surface area contributed by atoms with Crippen LogP contribution < -0.4 is 10.6 Å². The number of Topliss-reactive ketones (excluding diaryl/α,β-unsaturated/α-hetero) is 3. The number of hydrogen-bond acceptors (Lipinski definition) is 13. The minimum Gasteiger partial charge on any atom is -0.469 e. The minimum atomic E-state index is -0.750. The summed E-state index contributed by atoms with van der Waals surface area (Å²) in [4.78, 5) is 73.6. The molecule has 0 aliphatic rings. The molecular formula is C40H56N2O12. The summed E-state index contributed by atoms with van der Waals surface area (Å²) in [6.07, 6.45) is 2.20.